The highest BCUT2D eigenvalue weighted by Crippen LogP contribution is 2.29. The van der Waals surface area contributed by atoms with Gasteiger partial charge >= 0.3 is 0 Å². The fourth-order valence-corrected chi connectivity index (χ4v) is 1.64. The summed E-state index contributed by atoms with van der Waals surface area (Å²) >= 11 is 11.6. The van der Waals surface area contributed by atoms with Crippen molar-refractivity contribution in [2.75, 3.05) is 12.8 Å². The van der Waals surface area contributed by atoms with Crippen LogP contribution in [0.5, 0.6) is 0 Å². The van der Waals surface area contributed by atoms with Crippen molar-refractivity contribution in [1.29, 1.82) is 0 Å². The van der Waals surface area contributed by atoms with Gasteiger partial charge in [0, 0.05) is 12.6 Å². The van der Waals surface area contributed by atoms with Gasteiger partial charge in [-0.2, -0.15) is 0 Å². The van der Waals surface area contributed by atoms with Gasteiger partial charge in [0.25, 0.3) is 5.91 Å². The molecule has 0 bridgehead atoms. The molecule has 0 fully saturated rings. The lowest BCUT2D eigenvalue weighted by Gasteiger charge is -2.13. The second-order valence-corrected chi connectivity index (χ2v) is 4.46. The Bertz CT molecular complexity index is 468. The molecule has 1 aromatic carbocycles. The lowest BCUT2D eigenvalue weighted by Crippen LogP contribution is -2.43. The van der Waals surface area contributed by atoms with Crippen molar-refractivity contribution in [3.05, 3.63) is 27.7 Å². The molecule has 1 unspecified atom stereocenters. The molecular weight excluding hydrogens is 277 g/mol. The number of hydrogen-bond acceptors (Lipinski definition) is 3. The Morgan fingerprint density at radius 1 is 1.33 bits per heavy atom. The maximum atomic E-state index is 11.8. The molecule has 0 aliphatic rings. The first-order valence-electron chi connectivity index (χ1n) is 5.13. The first-order chi connectivity index (χ1) is 8.36. The third-order valence-corrected chi connectivity index (χ3v) is 3.12. The lowest BCUT2D eigenvalue weighted by atomic mass is 10.1. The molecule has 7 heteroatoms. The van der Waals surface area contributed by atoms with Crippen molar-refractivity contribution in [3.63, 3.8) is 0 Å². The molecule has 0 aliphatic heterocycles. The predicted molar refractivity (Wildman–Crippen MR) is 71.9 cm³/mol. The summed E-state index contributed by atoms with van der Waals surface area (Å²) in [5.41, 5.74) is 6.06. The van der Waals surface area contributed by atoms with E-state index in [2.05, 4.69) is 10.6 Å². The first kappa shape index (κ1) is 14.6. The number of amides is 2. The molecule has 0 heterocycles. The van der Waals surface area contributed by atoms with Gasteiger partial charge in [-0.05, 0) is 19.1 Å². The number of halogens is 2. The molecule has 0 saturated heterocycles. The van der Waals surface area contributed by atoms with E-state index in [0.29, 0.717) is 0 Å². The minimum atomic E-state index is -0.654. The van der Waals surface area contributed by atoms with Gasteiger partial charge in [-0.25, -0.2) is 0 Å². The number of likely N-dealkylation sites (N-methyl/N-ethyl adjacent to an activating group) is 1. The summed E-state index contributed by atoms with van der Waals surface area (Å²) in [5, 5.41) is 5.33. The third kappa shape index (κ3) is 3.27. The van der Waals surface area contributed by atoms with E-state index >= 15 is 0 Å². The number of benzene rings is 1. The summed E-state index contributed by atoms with van der Waals surface area (Å²) in [6.07, 6.45) is 0. The molecule has 5 nitrogen and oxygen atoms in total. The minimum absolute atomic E-state index is 0.189. The molecule has 0 radical (unpaired) electrons. The third-order valence-electron chi connectivity index (χ3n) is 2.31. The van der Waals surface area contributed by atoms with Gasteiger partial charge in [0.15, 0.2) is 0 Å². The zero-order valence-corrected chi connectivity index (χ0v) is 11.4. The predicted octanol–water partition coefficient (Wildman–Crippen LogP) is 1.44. The zero-order valence-electron chi connectivity index (χ0n) is 9.88. The molecule has 18 heavy (non-hydrogen) atoms. The molecule has 0 aromatic heterocycles. The number of nitrogens with two attached hydrogens (primary N) is 1. The van der Waals surface area contributed by atoms with Crippen molar-refractivity contribution < 1.29 is 9.59 Å². The van der Waals surface area contributed by atoms with Crippen LogP contribution in [0.2, 0.25) is 10.0 Å². The second-order valence-electron chi connectivity index (χ2n) is 3.67. The summed E-state index contributed by atoms with van der Waals surface area (Å²) in [5.74, 6) is -0.743. The van der Waals surface area contributed by atoms with Crippen LogP contribution < -0.4 is 16.4 Å². The number of nitrogens with one attached hydrogen (secondary N) is 2. The highest BCUT2D eigenvalue weighted by atomic mass is 35.5. The van der Waals surface area contributed by atoms with Crippen LogP contribution in [-0.4, -0.2) is 24.9 Å². The summed E-state index contributed by atoms with van der Waals surface area (Å²) in [4.78, 5) is 23.1. The number of carbonyl (C=O) groups is 2. The van der Waals surface area contributed by atoms with E-state index < -0.39 is 11.9 Å². The van der Waals surface area contributed by atoms with Gasteiger partial charge in [0.1, 0.15) is 6.04 Å². The van der Waals surface area contributed by atoms with Crippen molar-refractivity contribution in [2.24, 2.45) is 0 Å². The fraction of sp³-hybridized carbons (Fsp3) is 0.273. The molecule has 1 atom stereocenters. The van der Waals surface area contributed by atoms with E-state index in [9.17, 15) is 9.59 Å². The Hall–Kier alpha value is -1.46. The lowest BCUT2D eigenvalue weighted by molar-refractivity contribution is -0.122. The van der Waals surface area contributed by atoms with Crippen molar-refractivity contribution >= 4 is 40.7 Å². The van der Waals surface area contributed by atoms with E-state index in [0.717, 1.165) is 0 Å². The maximum absolute atomic E-state index is 11.8. The van der Waals surface area contributed by atoms with Crippen molar-refractivity contribution in [3.8, 4) is 0 Å². The average molecular weight is 290 g/mol. The Balaban J connectivity index is 2.89. The number of carbonyl (C=O) groups excluding carboxylic acids is 2. The van der Waals surface area contributed by atoms with Crippen LogP contribution in [0.25, 0.3) is 0 Å². The Morgan fingerprint density at radius 2 is 1.94 bits per heavy atom. The van der Waals surface area contributed by atoms with Crippen LogP contribution >= 0.6 is 23.2 Å². The molecule has 0 aliphatic carbocycles. The van der Waals surface area contributed by atoms with E-state index in [1.807, 2.05) is 0 Å². The molecule has 1 aromatic rings. The van der Waals surface area contributed by atoms with Crippen LogP contribution in [-0.2, 0) is 4.79 Å². The largest absolute Gasteiger partial charge is 0.397 e. The van der Waals surface area contributed by atoms with E-state index in [1.54, 1.807) is 6.92 Å². The monoisotopic (exact) mass is 289 g/mol. The molecule has 2 amide bonds. The molecule has 0 spiro atoms. The van der Waals surface area contributed by atoms with E-state index in [-0.39, 0.29) is 27.2 Å². The molecule has 98 valence electrons. The van der Waals surface area contributed by atoms with Crippen LogP contribution in [0.4, 0.5) is 5.69 Å². The van der Waals surface area contributed by atoms with Gasteiger partial charge in [-0.15, -0.1) is 0 Å². The van der Waals surface area contributed by atoms with Gasteiger partial charge in [-0.1, -0.05) is 23.2 Å². The number of rotatable bonds is 3. The van der Waals surface area contributed by atoms with Crippen molar-refractivity contribution in [1.82, 2.24) is 10.6 Å². The second kappa shape index (κ2) is 5.93. The summed E-state index contributed by atoms with van der Waals surface area (Å²) in [7, 11) is 1.49. The summed E-state index contributed by atoms with van der Waals surface area (Å²) in [6, 6.07) is 2.14. The molecule has 1 rings (SSSR count). The maximum Gasteiger partial charge on any atom is 0.252 e. The number of hydrogen-bond donors (Lipinski definition) is 3. The zero-order chi connectivity index (χ0) is 13.9. The Labute approximate surface area is 115 Å². The smallest absolute Gasteiger partial charge is 0.252 e. The number of anilines is 1. The summed E-state index contributed by atoms with van der Waals surface area (Å²) < 4.78 is 0. The quantitative estimate of drug-likeness (QED) is 0.736. The van der Waals surface area contributed by atoms with Crippen LogP contribution in [0.3, 0.4) is 0 Å². The molecule has 0 saturated carbocycles. The Morgan fingerprint density at radius 3 is 2.44 bits per heavy atom. The van der Waals surface area contributed by atoms with Crippen LogP contribution in [0.15, 0.2) is 12.1 Å². The van der Waals surface area contributed by atoms with Crippen molar-refractivity contribution in [2.45, 2.75) is 13.0 Å². The normalized spacial score (nSPS) is 11.8. The summed E-state index contributed by atoms with van der Waals surface area (Å²) in [6.45, 7) is 1.57. The van der Waals surface area contributed by atoms with E-state index in [4.69, 9.17) is 28.9 Å². The highest BCUT2D eigenvalue weighted by molar-refractivity contribution is 6.43. The SMILES string of the molecule is CNC(=O)C(C)NC(=O)c1cc(N)c(Cl)c(Cl)c1. The number of nitrogen functional groups attached to an aromatic ring is 1. The molecular formula is C11H13Cl2N3O2. The minimum Gasteiger partial charge on any atom is -0.397 e. The van der Waals surface area contributed by atoms with Crippen LogP contribution in [0, 0.1) is 0 Å². The van der Waals surface area contributed by atoms with Gasteiger partial charge in [0.05, 0.1) is 15.7 Å². The first-order valence-corrected chi connectivity index (χ1v) is 5.89. The van der Waals surface area contributed by atoms with Crippen LogP contribution in [0.1, 0.15) is 17.3 Å². The van der Waals surface area contributed by atoms with E-state index in [1.165, 1.54) is 19.2 Å². The topological polar surface area (TPSA) is 84.2 Å². The fourth-order valence-electron chi connectivity index (χ4n) is 1.30. The average Bonchev–Trinajstić information content (AvgIpc) is 2.33. The standard InChI is InChI=1S/C11H13Cl2N3O2/c1-5(10(17)15-2)16-11(18)6-3-7(12)9(13)8(14)4-6/h3-5H,14H2,1-2H3,(H,15,17)(H,16,18). The van der Waals surface area contributed by atoms with Gasteiger partial charge in [0.2, 0.25) is 5.91 Å². The molecule has 4 N–H and O–H groups in total. The highest BCUT2D eigenvalue weighted by Gasteiger charge is 2.16. The Kier molecular flexibility index (Phi) is 4.81. The van der Waals surface area contributed by atoms with Gasteiger partial charge < -0.3 is 16.4 Å². The van der Waals surface area contributed by atoms with Gasteiger partial charge in [-0.3, -0.25) is 9.59 Å².